The summed E-state index contributed by atoms with van der Waals surface area (Å²) in [6, 6.07) is -0.796. The molecule has 0 aromatic rings. The maximum Gasteiger partial charge on any atom is 0.413 e. The first-order valence-corrected chi connectivity index (χ1v) is 6.27. The topological polar surface area (TPSA) is 65.1 Å². The van der Waals surface area contributed by atoms with Crippen molar-refractivity contribution < 1.29 is 23.8 Å². The highest BCUT2D eigenvalue weighted by Gasteiger charge is 2.53. The van der Waals surface area contributed by atoms with Crippen LogP contribution in [0.4, 0.5) is 4.79 Å². The zero-order valence-electron chi connectivity index (χ0n) is 12.6. The zero-order chi connectivity index (χ0) is 15.0. The van der Waals surface area contributed by atoms with Crippen LogP contribution in [-0.4, -0.2) is 47.5 Å². The van der Waals surface area contributed by atoms with Crippen molar-refractivity contribution in [1.29, 1.82) is 0 Å². The van der Waals surface area contributed by atoms with Gasteiger partial charge in [0.25, 0.3) is 0 Å². The Hall–Kier alpha value is -1.30. The van der Waals surface area contributed by atoms with Crippen LogP contribution in [0.1, 0.15) is 41.5 Å². The van der Waals surface area contributed by atoms with E-state index in [1.54, 1.807) is 41.5 Å². The Morgan fingerprint density at radius 2 is 1.79 bits per heavy atom. The average Bonchev–Trinajstić information content (AvgIpc) is 2.44. The summed E-state index contributed by atoms with van der Waals surface area (Å²) in [6.45, 7) is 10.5. The SMILES string of the molecule is COC(=O)[C@@H]1[C@H](C)OC(C)(C)N1C(=O)OC(C)(C)C. The van der Waals surface area contributed by atoms with Crippen molar-refractivity contribution >= 4 is 12.1 Å². The van der Waals surface area contributed by atoms with Crippen molar-refractivity contribution in [2.45, 2.75) is 65.0 Å². The number of esters is 1. The monoisotopic (exact) mass is 273 g/mol. The fourth-order valence-corrected chi connectivity index (χ4v) is 2.18. The van der Waals surface area contributed by atoms with E-state index in [2.05, 4.69) is 0 Å². The molecule has 1 amide bonds. The number of carbonyl (C=O) groups is 2. The van der Waals surface area contributed by atoms with Crippen molar-refractivity contribution in [2.75, 3.05) is 7.11 Å². The first-order valence-electron chi connectivity index (χ1n) is 6.27. The second kappa shape index (κ2) is 5.00. The summed E-state index contributed by atoms with van der Waals surface area (Å²) >= 11 is 0. The van der Waals surface area contributed by atoms with Gasteiger partial charge in [0.05, 0.1) is 13.2 Å². The lowest BCUT2D eigenvalue weighted by molar-refractivity contribution is -0.147. The second-order valence-electron chi connectivity index (χ2n) is 6.09. The molecule has 1 aliphatic heterocycles. The third-order valence-corrected chi connectivity index (χ3v) is 2.81. The maximum atomic E-state index is 12.3. The summed E-state index contributed by atoms with van der Waals surface area (Å²) in [5.41, 5.74) is -1.56. The minimum atomic E-state index is -0.916. The van der Waals surface area contributed by atoms with Crippen LogP contribution in [-0.2, 0) is 19.0 Å². The predicted molar refractivity (Wildman–Crippen MR) is 68.5 cm³/mol. The van der Waals surface area contributed by atoms with E-state index in [0.29, 0.717) is 0 Å². The normalized spacial score (nSPS) is 26.2. The Morgan fingerprint density at radius 1 is 1.26 bits per heavy atom. The Balaban J connectivity index is 3.04. The Bertz CT molecular complexity index is 372. The molecule has 0 unspecified atom stereocenters. The van der Waals surface area contributed by atoms with Gasteiger partial charge in [-0.2, -0.15) is 0 Å². The molecule has 0 saturated carbocycles. The van der Waals surface area contributed by atoms with Gasteiger partial charge < -0.3 is 14.2 Å². The molecular weight excluding hydrogens is 250 g/mol. The van der Waals surface area contributed by atoms with E-state index >= 15 is 0 Å². The Kier molecular flexibility index (Phi) is 4.14. The molecule has 110 valence electrons. The highest BCUT2D eigenvalue weighted by molar-refractivity contribution is 5.83. The van der Waals surface area contributed by atoms with Crippen LogP contribution in [0.15, 0.2) is 0 Å². The van der Waals surface area contributed by atoms with E-state index in [1.807, 2.05) is 0 Å². The smallest absolute Gasteiger partial charge is 0.413 e. The molecule has 6 nitrogen and oxygen atoms in total. The molecular formula is C13H23NO5. The lowest BCUT2D eigenvalue weighted by Gasteiger charge is -2.34. The second-order valence-corrected chi connectivity index (χ2v) is 6.09. The van der Waals surface area contributed by atoms with E-state index in [0.717, 1.165) is 0 Å². The predicted octanol–water partition coefficient (Wildman–Crippen LogP) is 1.92. The standard InChI is InChI=1S/C13H23NO5/c1-8-9(10(15)17-7)14(13(5,6)18-8)11(16)19-12(2,3)4/h8-9H,1-7H3/t8-,9-/m0/s1. The third kappa shape index (κ3) is 3.37. The molecule has 0 spiro atoms. The summed E-state index contributed by atoms with van der Waals surface area (Å²) in [5, 5.41) is 0. The van der Waals surface area contributed by atoms with Crippen LogP contribution >= 0.6 is 0 Å². The first-order chi connectivity index (χ1) is 8.49. The lowest BCUT2D eigenvalue weighted by atomic mass is 10.1. The molecule has 0 N–H and O–H groups in total. The molecule has 2 atom stereocenters. The van der Waals surface area contributed by atoms with Crippen LogP contribution in [0.5, 0.6) is 0 Å². The van der Waals surface area contributed by atoms with Crippen molar-refractivity contribution in [2.24, 2.45) is 0 Å². The highest BCUT2D eigenvalue weighted by Crippen LogP contribution is 2.34. The van der Waals surface area contributed by atoms with Crippen molar-refractivity contribution in [3.63, 3.8) is 0 Å². The van der Waals surface area contributed by atoms with E-state index in [9.17, 15) is 9.59 Å². The molecule has 0 bridgehead atoms. The fourth-order valence-electron chi connectivity index (χ4n) is 2.18. The number of rotatable bonds is 1. The van der Waals surface area contributed by atoms with Gasteiger partial charge in [0.1, 0.15) is 11.3 Å². The number of hydrogen-bond acceptors (Lipinski definition) is 5. The zero-order valence-corrected chi connectivity index (χ0v) is 12.6. The fraction of sp³-hybridized carbons (Fsp3) is 0.846. The van der Waals surface area contributed by atoms with Crippen LogP contribution in [0, 0.1) is 0 Å². The van der Waals surface area contributed by atoms with E-state index in [1.165, 1.54) is 12.0 Å². The Labute approximate surface area is 114 Å². The number of methoxy groups -OCH3 is 1. The van der Waals surface area contributed by atoms with Gasteiger partial charge in [-0.1, -0.05) is 0 Å². The summed E-state index contributed by atoms with van der Waals surface area (Å²) < 4.78 is 15.7. The van der Waals surface area contributed by atoms with Gasteiger partial charge >= 0.3 is 12.1 Å². The molecule has 1 saturated heterocycles. The maximum absolute atomic E-state index is 12.3. The van der Waals surface area contributed by atoms with Gasteiger partial charge in [-0.15, -0.1) is 0 Å². The third-order valence-electron chi connectivity index (χ3n) is 2.81. The van der Waals surface area contributed by atoms with Crippen LogP contribution in [0.25, 0.3) is 0 Å². The molecule has 0 aromatic heterocycles. The van der Waals surface area contributed by atoms with Crippen molar-refractivity contribution in [1.82, 2.24) is 4.90 Å². The van der Waals surface area contributed by atoms with Gasteiger partial charge in [0.15, 0.2) is 6.04 Å². The molecule has 1 heterocycles. The molecule has 1 fully saturated rings. The van der Waals surface area contributed by atoms with Crippen LogP contribution < -0.4 is 0 Å². The average molecular weight is 273 g/mol. The van der Waals surface area contributed by atoms with Gasteiger partial charge in [0.2, 0.25) is 0 Å². The summed E-state index contributed by atoms with van der Waals surface area (Å²) in [6.07, 6.45) is -1.03. The highest BCUT2D eigenvalue weighted by atomic mass is 16.6. The van der Waals surface area contributed by atoms with Gasteiger partial charge in [-0.3, -0.25) is 4.90 Å². The van der Waals surface area contributed by atoms with Crippen LogP contribution in [0.2, 0.25) is 0 Å². The molecule has 0 aromatic carbocycles. The summed E-state index contributed by atoms with van der Waals surface area (Å²) in [5.74, 6) is -0.510. The molecule has 6 heteroatoms. The number of carbonyl (C=O) groups excluding carboxylic acids is 2. The van der Waals surface area contributed by atoms with E-state index in [4.69, 9.17) is 14.2 Å². The van der Waals surface area contributed by atoms with E-state index in [-0.39, 0.29) is 0 Å². The lowest BCUT2D eigenvalue weighted by Crippen LogP contribution is -2.53. The number of ether oxygens (including phenoxy) is 3. The number of hydrogen-bond donors (Lipinski definition) is 0. The largest absolute Gasteiger partial charge is 0.467 e. The van der Waals surface area contributed by atoms with E-state index < -0.39 is 35.5 Å². The minimum absolute atomic E-state index is 0.449. The van der Waals surface area contributed by atoms with Crippen molar-refractivity contribution in [3.05, 3.63) is 0 Å². The summed E-state index contributed by atoms with van der Waals surface area (Å²) in [4.78, 5) is 25.4. The van der Waals surface area contributed by atoms with Gasteiger partial charge in [-0.25, -0.2) is 9.59 Å². The molecule has 0 radical (unpaired) electrons. The van der Waals surface area contributed by atoms with Crippen molar-refractivity contribution in [3.8, 4) is 0 Å². The first kappa shape index (κ1) is 15.8. The minimum Gasteiger partial charge on any atom is -0.467 e. The molecule has 0 aliphatic carbocycles. The number of amides is 1. The molecule has 1 aliphatic rings. The molecule has 1 rings (SSSR count). The number of nitrogens with zero attached hydrogens (tertiary/aromatic N) is 1. The Morgan fingerprint density at radius 3 is 2.21 bits per heavy atom. The summed E-state index contributed by atoms with van der Waals surface area (Å²) in [7, 11) is 1.29. The van der Waals surface area contributed by atoms with Gasteiger partial charge in [0, 0.05) is 0 Å². The van der Waals surface area contributed by atoms with Crippen LogP contribution in [0.3, 0.4) is 0 Å². The molecule has 19 heavy (non-hydrogen) atoms. The quantitative estimate of drug-likeness (QED) is 0.683. The van der Waals surface area contributed by atoms with Gasteiger partial charge in [-0.05, 0) is 41.5 Å².